The minimum absolute atomic E-state index is 0.0665. The maximum absolute atomic E-state index is 12.5. The summed E-state index contributed by atoms with van der Waals surface area (Å²) < 4.78 is 46.9. The number of alkyl halides is 3. The molecule has 1 N–H and O–H groups in total. The lowest BCUT2D eigenvalue weighted by Gasteiger charge is -2.40. The Morgan fingerprint density at radius 1 is 1.44 bits per heavy atom. The maximum Gasteiger partial charge on any atom is 0.422 e. The number of ether oxygens (including phenoxy) is 2. The first-order chi connectivity index (χ1) is 11.8. The van der Waals surface area contributed by atoms with Gasteiger partial charge in [-0.15, -0.1) is 11.3 Å². The monoisotopic (exact) mass is 437 g/mol. The van der Waals surface area contributed by atoms with E-state index in [9.17, 15) is 18.0 Å². The topological polar surface area (TPSA) is 73.3 Å². The summed E-state index contributed by atoms with van der Waals surface area (Å²) >= 11 is 4.43. The molecule has 0 aliphatic carbocycles. The van der Waals surface area contributed by atoms with Crippen molar-refractivity contribution in [2.75, 3.05) is 19.8 Å². The first kappa shape index (κ1) is 18.1. The van der Waals surface area contributed by atoms with Gasteiger partial charge in [0.25, 0.3) is 5.91 Å². The van der Waals surface area contributed by atoms with E-state index in [1.807, 2.05) is 0 Å². The molecule has 6 nitrogen and oxygen atoms in total. The third-order valence-electron chi connectivity index (χ3n) is 3.31. The van der Waals surface area contributed by atoms with E-state index in [-0.39, 0.29) is 29.3 Å². The van der Waals surface area contributed by atoms with E-state index in [1.54, 1.807) is 11.6 Å². The molecule has 1 fully saturated rings. The molecule has 1 aliphatic rings. The van der Waals surface area contributed by atoms with Gasteiger partial charge in [-0.05, 0) is 28.1 Å². The summed E-state index contributed by atoms with van der Waals surface area (Å²) in [6.07, 6.45) is -2.88. The van der Waals surface area contributed by atoms with Gasteiger partial charge in [0.2, 0.25) is 5.88 Å². The molecule has 0 saturated carbocycles. The van der Waals surface area contributed by atoms with Crippen LogP contribution in [0, 0.1) is 0 Å². The first-order valence-electron chi connectivity index (χ1n) is 6.95. The van der Waals surface area contributed by atoms with Crippen LogP contribution in [0.4, 0.5) is 13.2 Å². The highest BCUT2D eigenvalue weighted by Gasteiger charge is 2.44. The van der Waals surface area contributed by atoms with Crippen LogP contribution < -0.4 is 10.1 Å². The van der Waals surface area contributed by atoms with Crippen molar-refractivity contribution in [3.05, 3.63) is 38.9 Å². The molecule has 3 heterocycles. The van der Waals surface area contributed by atoms with Crippen LogP contribution in [0.5, 0.6) is 5.88 Å². The zero-order valence-electron chi connectivity index (χ0n) is 12.5. The number of carbonyl (C=O) groups is 1. The second-order valence-corrected chi connectivity index (χ2v) is 7.00. The third-order valence-corrected chi connectivity index (χ3v) is 4.89. The number of amides is 1. The minimum Gasteiger partial charge on any atom is -0.467 e. The Morgan fingerprint density at radius 2 is 2.20 bits per heavy atom. The number of hydrogen-bond donors (Lipinski definition) is 1. The Bertz CT molecular complexity index is 766. The second kappa shape index (κ2) is 6.89. The molecule has 1 saturated heterocycles. The number of thiazole rings is 1. The highest BCUT2D eigenvalue weighted by Crippen LogP contribution is 2.32. The van der Waals surface area contributed by atoms with E-state index in [4.69, 9.17) is 4.74 Å². The van der Waals surface area contributed by atoms with E-state index in [0.717, 1.165) is 0 Å². The van der Waals surface area contributed by atoms with Crippen LogP contribution in [-0.4, -0.2) is 41.9 Å². The summed E-state index contributed by atoms with van der Waals surface area (Å²) in [5.41, 5.74) is -0.810. The lowest BCUT2D eigenvalue weighted by Crippen LogP contribution is -2.59. The van der Waals surface area contributed by atoms with Crippen LogP contribution >= 0.6 is 27.3 Å². The van der Waals surface area contributed by atoms with Crippen molar-refractivity contribution in [2.24, 2.45) is 0 Å². The fourth-order valence-electron chi connectivity index (χ4n) is 2.10. The Balaban J connectivity index is 1.76. The molecule has 2 aromatic heterocycles. The second-order valence-electron chi connectivity index (χ2n) is 5.25. The number of halogens is 4. The molecule has 0 radical (unpaired) electrons. The van der Waals surface area contributed by atoms with Gasteiger partial charge in [-0.3, -0.25) is 4.79 Å². The average Bonchev–Trinajstić information content (AvgIpc) is 3.03. The summed E-state index contributed by atoms with van der Waals surface area (Å²) in [4.78, 5) is 20.5. The van der Waals surface area contributed by atoms with Gasteiger partial charge in [0.1, 0.15) is 16.2 Å². The lowest BCUT2D eigenvalue weighted by atomic mass is 9.98. The highest BCUT2D eigenvalue weighted by atomic mass is 79.9. The molecule has 2 aromatic rings. The third kappa shape index (κ3) is 4.10. The van der Waals surface area contributed by atoms with Gasteiger partial charge in [-0.25, -0.2) is 9.97 Å². The number of aromatic nitrogens is 2. The standard InChI is InChI=1S/C14H11BrF3N3O3S/c15-8-1-2-9(20-11(8)24-7-14(16,17)18)10(22)21-13(5-23-6-13)12-19-3-4-25-12/h1-4H,5-7H2,(H,21,22). The summed E-state index contributed by atoms with van der Waals surface area (Å²) in [6, 6.07) is 2.79. The summed E-state index contributed by atoms with van der Waals surface area (Å²) in [7, 11) is 0. The maximum atomic E-state index is 12.5. The van der Waals surface area contributed by atoms with E-state index < -0.39 is 24.2 Å². The fourth-order valence-corrected chi connectivity index (χ4v) is 3.20. The van der Waals surface area contributed by atoms with E-state index in [1.165, 1.54) is 23.5 Å². The fraction of sp³-hybridized carbons (Fsp3) is 0.357. The number of nitrogens with one attached hydrogen (secondary N) is 1. The van der Waals surface area contributed by atoms with Crippen molar-refractivity contribution in [1.82, 2.24) is 15.3 Å². The van der Waals surface area contributed by atoms with Crippen molar-refractivity contribution in [2.45, 2.75) is 11.7 Å². The Morgan fingerprint density at radius 3 is 2.76 bits per heavy atom. The molecule has 0 spiro atoms. The number of hydrogen-bond acceptors (Lipinski definition) is 6. The normalized spacial score (nSPS) is 16.2. The lowest BCUT2D eigenvalue weighted by molar-refractivity contribution is -0.154. The van der Waals surface area contributed by atoms with Gasteiger partial charge in [-0.2, -0.15) is 13.2 Å². The van der Waals surface area contributed by atoms with E-state index in [0.29, 0.717) is 5.01 Å². The van der Waals surface area contributed by atoms with Gasteiger partial charge in [0, 0.05) is 11.6 Å². The van der Waals surface area contributed by atoms with E-state index >= 15 is 0 Å². The van der Waals surface area contributed by atoms with Gasteiger partial charge >= 0.3 is 6.18 Å². The van der Waals surface area contributed by atoms with Crippen LogP contribution in [0.2, 0.25) is 0 Å². The summed E-state index contributed by atoms with van der Waals surface area (Å²) in [6.45, 7) is -0.971. The molecule has 0 atom stereocenters. The van der Waals surface area contributed by atoms with Gasteiger partial charge in [0.15, 0.2) is 6.61 Å². The number of carbonyl (C=O) groups excluding carboxylic acids is 1. The molecular formula is C14H11BrF3N3O3S. The SMILES string of the molecule is O=C(NC1(c2nccs2)COC1)c1ccc(Br)c(OCC(F)(F)F)n1. The molecule has 1 aliphatic heterocycles. The smallest absolute Gasteiger partial charge is 0.422 e. The molecule has 0 aromatic carbocycles. The van der Waals surface area contributed by atoms with Crippen LogP contribution in [0.1, 0.15) is 15.5 Å². The zero-order chi connectivity index (χ0) is 18.1. The van der Waals surface area contributed by atoms with Crippen molar-refractivity contribution in [1.29, 1.82) is 0 Å². The summed E-state index contributed by atoms with van der Waals surface area (Å²) in [5.74, 6) is -0.860. The Labute approximate surface area is 152 Å². The van der Waals surface area contributed by atoms with Crippen molar-refractivity contribution < 1.29 is 27.4 Å². The first-order valence-corrected chi connectivity index (χ1v) is 8.63. The molecule has 0 unspecified atom stereocenters. The van der Waals surface area contributed by atoms with Gasteiger partial charge in [0.05, 0.1) is 17.7 Å². The van der Waals surface area contributed by atoms with Gasteiger partial charge < -0.3 is 14.8 Å². The predicted molar refractivity (Wildman–Crippen MR) is 85.6 cm³/mol. The quantitative estimate of drug-likeness (QED) is 0.778. The number of rotatable bonds is 5. The van der Waals surface area contributed by atoms with Crippen molar-refractivity contribution in [3.8, 4) is 5.88 Å². The van der Waals surface area contributed by atoms with Crippen LogP contribution in [0.25, 0.3) is 0 Å². The molecule has 134 valence electrons. The molecule has 25 heavy (non-hydrogen) atoms. The minimum atomic E-state index is -4.50. The van der Waals surface area contributed by atoms with Crippen LogP contribution in [0.3, 0.4) is 0 Å². The predicted octanol–water partition coefficient (Wildman–Crippen LogP) is 2.90. The summed E-state index contributed by atoms with van der Waals surface area (Å²) in [5, 5.41) is 5.27. The Hall–Kier alpha value is -1.72. The molecule has 0 bridgehead atoms. The largest absolute Gasteiger partial charge is 0.467 e. The molecule has 1 amide bonds. The zero-order valence-corrected chi connectivity index (χ0v) is 14.9. The van der Waals surface area contributed by atoms with Crippen molar-refractivity contribution in [3.63, 3.8) is 0 Å². The number of pyridine rings is 1. The Kier molecular flexibility index (Phi) is 4.98. The van der Waals surface area contributed by atoms with E-state index in [2.05, 4.69) is 36.0 Å². The molecule has 3 rings (SSSR count). The van der Waals surface area contributed by atoms with Crippen LogP contribution in [-0.2, 0) is 10.3 Å². The number of nitrogens with zero attached hydrogens (tertiary/aromatic N) is 2. The van der Waals surface area contributed by atoms with Crippen LogP contribution in [0.15, 0.2) is 28.2 Å². The average molecular weight is 438 g/mol. The highest BCUT2D eigenvalue weighted by molar-refractivity contribution is 9.10. The molecule has 11 heteroatoms. The molecular weight excluding hydrogens is 427 g/mol. The van der Waals surface area contributed by atoms with Gasteiger partial charge in [-0.1, -0.05) is 0 Å². The van der Waals surface area contributed by atoms with Crippen molar-refractivity contribution >= 4 is 33.2 Å².